The minimum Gasteiger partial charge on any atom is -0.331 e. The van der Waals surface area contributed by atoms with Crippen molar-refractivity contribution in [3.63, 3.8) is 0 Å². The molecule has 18 heavy (non-hydrogen) atoms. The van der Waals surface area contributed by atoms with E-state index in [1.54, 1.807) is 0 Å². The molecule has 0 bridgehead atoms. The molecule has 3 nitrogen and oxygen atoms in total. The molecule has 0 saturated heterocycles. The molecule has 0 aliphatic rings. The lowest BCUT2D eigenvalue weighted by Gasteiger charge is -2.07. The second-order valence-electron chi connectivity index (χ2n) is 5.43. The fourth-order valence-corrected chi connectivity index (χ4v) is 2.17. The Bertz CT molecular complexity index is 526. The highest BCUT2D eigenvalue weighted by molar-refractivity contribution is 5.76. The zero-order chi connectivity index (χ0) is 13.1. The van der Waals surface area contributed by atoms with Gasteiger partial charge in [-0.2, -0.15) is 0 Å². The third kappa shape index (κ3) is 2.91. The second-order valence-corrected chi connectivity index (χ2v) is 5.43. The van der Waals surface area contributed by atoms with Crippen LogP contribution in [0.25, 0.3) is 11.0 Å². The number of aromatic nitrogens is 2. The van der Waals surface area contributed by atoms with E-state index in [0.717, 1.165) is 30.9 Å². The number of aryl methyl sites for hydroxylation is 2. The van der Waals surface area contributed by atoms with E-state index in [-0.39, 0.29) is 0 Å². The maximum atomic E-state index is 4.71. The molecule has 0 atom stereocenters. The molecule has 2 aromatic rings. The number of imidazole rings is 1. The van der Waals surface area contributed by atoms with Gasteiger partial charge in [-0.15, -0.1) is 0 Å². The summed E-state index contributed by atoms with van der Waals surface area (Å²) in [6.07, 6.45) is 0.983. The zero-order valence-corrected chi connectivity index (χ0v) is 11.8. The summed E-state index contributed by atoms with van der Waals surface area (Å²) >= 11 is 0. The normalized spacial score (nSPS) is 11.6. The van der Waals surface area contributed by atoms with E-state index in [2.05, 4.69) is 55.9 Å². The molecule has 0 unspecified atom stereocenters. The molecule has 0 aliphatic carbocycles. The summed E-state index contributed by atoms with van der Waals surface area (Å²) in [6, 6.07) is 6.45. The fraction of sp³-hybridized carbons (Fsp3) is 0.533. The number of nitrogens with zero attached hydrogens (tertiary/aromatic N) is 2. The van der Waals surface area contributed by atoms with E-state index in [1.807, 2.05) is 0 Å². The predicted molar refractivity (Wildman–Crippen MR) is 76.9 cm³/mol. The molecule has 1 heterocycles. The van der Waals surface area contributed by atoms with E-state index < -0.39 is 0 Å². The van der Waals surface area contributed by atoms with Crippen molar-refractivity contribution in [1.29, 1.82) is 0 Å². The van der Waals surface area contributed by atoms with Crippen LogP contribution in [0.5, 0.6) is 0 Å². The number of rotatable bonds is 5. The first-order valence-corrected chi connectivity index (χ1v) is 6.70. The van der Waals surface area contributed by atoms with E-state index in [1.165, 1.54) is 11.1 Å². The van der Waals surface area contributed by atoms with Crippen LogP contribution in [0, 0.1) is 12.8 Å². The van der Waals surface area contributed by atoms with E-state index in [9.17, 15) is 0 Å². The highest BCUT2D eigenvalue weighted by atomic mass is 15.1. The summed E-state index contributed by atoms with van der Waals surface area (Å²) < 4.78 is 2.20. The lowest BCUT2D eigenvalue weighted by molar-refractivity contribution is 0.548. The lowest BCUT2D eigenvalue weighted by atomic mass is 10.2. The molecule has 1 N–H and O–H groups in total. The number of hydrogen-bond donors (Lipinski definition) is 1. The second kappa shape index (κ2) is 5.53. The van der Waals surface area contributed by atoms with E-state index in [4.69, 9.17) is 4.98 Å². The van der Waals surface area contributed by atoms with Crippen molar-refractivity contribution in [2.75, 3.05) is 13.1 Å². The standard InChI is InChI=1S/C15H23N3/c1-11(2)10-16-8-7-15-17-13-9-12(3)5-6-14(13)18(15)4/h5-6,9,11,16H,7-8,10H2,1-4H3. The summed E-state index contributed by atoms with van der Waals surface area (Å²) in [4.78, 5) is 4.71. The van der Waals surface area contributed by atoms with E-state index >= 15 is 0 Å². The van der Waals surface area contributed by atoms with Gasteiger partial charge in [0.05, 0.1) is 11.0 Å². The third-order valence-corrected chi connectivity index (χ3v) is 3.21. The van der Waals surface area contributed by atoms with Crippen LogP contribution >= 0.6 is 0 Å². The lowest BCUT2D eigenvalue weighted by Crippen LogP contribution is -2.23. The van der Waals surface area contributed by atoms with Gasteiger partial charge in [0.1, 0.15) is 5.82 Å². The first-order valence-electron chi connectivity index (χ1n) is 6.70. The summed E-state index contributed by atoms with van der Waals surface area (Å²) in [5.74, 6) is 1.86. The molecular formula is C15H23N3. The largest absolute Gasteiger partial charge is 0.331 e. The van der Waals surface area contributed by atoms with Crippen LogP contribution in [0.2, 0.25) is 0 Å². The van der Waals surface area contributed by atoms with Crippen LogP contribution in [0.1, 0.15) is 25.2 Å². The van der Waals surface area contributed by atoms with Crippen molar-refractivity contribution < 1.29 is 0 Å². The topological polar surface area (TPSA) is 29.9 Å². The summed E-state index contributed by atoms with van der Waals surface area (Å²) in [7, 11) is 2.10. The van der Waals surface area contributed by atoms with Gasteiger partial charge in [0, 0.05) is 20.0 Å². The fourth-order valence-electron chi connectivity index (χ4n) is 2.17. The molecule has 1 aromatic heterocycles. The minimum atomic E-state index is 0.702. The SMILES string of the molecule is Cc1ccc2c(c1)nc(CCNCC(C)C)n2C. The van der Waals surface area contributed by atoms with Crippen molar-refractivity contribution in [2.45, 2.75) is 27.2 Å². The summed E-state index contributed by atoms with van der Waals surface area (Å²) in [5, 5.41) is 3.46. The number of hydrogen-bond acceptors (Lipinski definition) is 2. The number of nitrogens with one attached hydrogen (secondary N) is 1. The molecule has 0 fully saturated rings. The Morgan fingerprint density at radius 1 is 1.33 bits per heavy atom. The molecular weight excluding hydrogens is 222 g/mol. The first-order chi connectivity index (χ1) is 8.58. The van der Waals surface area contributed by atoms with Gasteiger partial charge < -0.3 is 9.88 Å². The molecule has 98 valence electrons. The van der Waals surface area contributed by atoms with E-state index in [0.29, 0.717) is 5.92 Å². The Hall–Kier alpha value is -1.35. The van der Waals surface area contributed by atoms with Gasteiger partial charge >= 0.3 is 0 Å². The van der Waals surface area contributed by atoms with Crippen LogP contribution in [0.15, 0.2) is 18.2 Å². The van der Waals surface area contributed by atoms with Gasteiger partial charge in [-0.05, 0) is 37.1 Å². The maximum Gasteiger partial charge on any atom is 0.110 e. The van der Waals surface area contributed by atoms with Crippen LogP contribution in [-0.2, 0) is 13.5 Å². The van der Waals surface area contributed by atoms with Crippen LogP contribution in [-0.4, -0.2) is 22.6 Å². The Morgan fingerprint density at radius 2 is 2.11 bits per heavy atom. The smallest absolute Gasteiger partial charge is 0.110 e. The van der Waals surface area contributed by atoms with Gasteiger partial charge in [-0.1, -0.05) is 19.9 Å². The van der Waals surface area contributed by atoms with Crippen molar-refractivity contribution in [1.82, 2.24) is 14.9 Å². The Labute approximate surface area is 109 Å². The molecule has 3 heteroatoms. The molecule has 0 spiro atoms. The number of benzene rings is 1. The molecule has 0 aliphatic heterocycles. The first kappa shape index (κ1) is 13.1. The third-order valence-electron chi connectivity index (χ3n) is 3.21. The Balaban J connectivity index is 2.07. The average molecular weight is 245 g/mol. The van der Waals surface area contributed by atoms with Crippen molar-refractivity contribution in [3.8, 4) is 0 Å². The predicted octanol–water partition coefficient (Wildman–Crippen LogP) is 2.67. The van der Waals surface area contributed by atoms with Crippen molar-refractivity contribution >= 4 is 11.0 Å². The maximum absolute atomic E-state index is 4.71. The summed E-state index contributed by atoms with van der Waals surface area (Å²) in [5.41, 5.74) is 3.60. The Kier molecular flexibility index (Phi) is 4.02. The molecule has 2 rings (SSSR count). The van der Waals surface area contributed by atoms with Gasteiger partial charge in [-0.3, -0.25) is 0 Å². The van der Waals surface area contributed by atoms with Crippen molar-refractivity contribution in [3.05, 3.63) is 29.6 Å². The molecule has 1 aromatic carbocycles. The highest BCUT2D eigenvalue weighted by Crippen LogP contribution is 2.16. The Morgan fingerprint density at radius 3 is 2.83 bits per heavy atom. The molecule has 0 saturated carbocycles. The average Bonchev–Trinajstić information content (AvgIpc) is 2.61. The minimum absolute atomic E-state index is 0.702. The quantitative estimate of drug-likeness (QED) is 0.821. The van der Waals surface area contributed by atoms with Gasteiger partial charge in [-0.25, -0.2) is 4.98 Å². The van der Waals surface area contributed by atoms with Gasteiger partial charge in [0.2, 0.25) is 0 Å². The van der Waals surface area contributed by atoms with Gasteiger partial charge in [0.25, 0.3) is 0 Å². The van der Waals surface area contributed by atoms with Crippen LogP contribution < -0.4 is 5.32 Å². The number of fused-ring (bicyclic) bond motifs is 1. The molecule has 0 amide bonds. The van der Waals surface area contributed by atoms with Crippen LogP contribution in [0.3, 0.4) is 0 Å². The molecule has 0 radical (unpaired) electrons. The van der Waals surface area contributed by atoms with Gasteiger partial charge in [0.15, 0.2) is 0 Å². The highest BCUT2D eigenvalue weighted by Gasteiger charge is 2.07. The van der Waals surface area contributed by atoms with Crippen LogP contribution in [0.4, 0.5) is 0 Å². The monoisotopic (exact) mass is 245 g/mol. The summed E-state index contributed by atoms with van der Waals surface area (Å²) in [6.45, 7) is 8.63. The van der Waals surface area contributed by atoms with Crippen molar-refractivity contribution in [2.24, 2.45) is 13.0 Å². The zero-order valence-electron chi connectivity index (χ0n) is 11.8.